The quantitative estimate of drug-likeness (QED) is 0.0784. The highest BCUT2D eigenvalue weighted by Gasteiger charge is 2.22. The Morgan fingerprint density at radius 1 is 0.652 bits per heavy atom. The van der Waals surface area contributed by atoms with Crippen LogP contribution < -0.4 is 10.7 Å². The molecule has 14 heteroatoms. The number of anilines is 3. The molecule has 0 heterocycles. The van der Waals surface area contributed by atoms with Crippen molar-refractivity contribution in [3.8, 4) is 0 Å². The second kappa shape index (κ2) is 12.1. The Morgan fingerprint density at radius 3 is 2.11 bits per heavy atom. The normalized spacial score (nSPS) is 14.1. The third-order valence-electron chi connectivity index (χ3n) is 6.98. The van der Waals surface area contributed by atoms with Crippen LogP contribution in [0.4, 0.5) is 28.4 Å². The molecule has 0 bridgehead atoms. The maximum atomic E-state index is 12.7. The number of allylic oxidation sites excluding steroid dienone is 1. The lowest BCUT2D eigenvalue weighted by Gasteiger charge is -2.14. The maximum absolute atomic E-state index is 12.7. The molecule has 230 valence electrons. The molecule has 5 aromatic rings. The van der Waals surface area contributed by atoms with Gasteiger partial charge in [0.05, 0.1) is 27.6 Å². The van der Waals surface area contributed by atoms with Gasteiger partial charge < -0.3 is 5.32 Å². The molecule has 0 fully saturated rings. The standard InChI is InChI=1S/C32H23N5O7S2/c38-30-17-10-20-18-23(45(39,40)41)12-13-24(20)32(30)37-36-28-16-15-27(25-8-4-5-9-26(25)28)35-34-22-11-14-29(31(19-22)46(42,43)44)33-21-6-2-1-3-7-21/h1-19,33,36H,(H,39,40,41)(H,42,43,44)/b35-34?,37-32+. The van der Waals surface area contributed by atoms with E-state index >= 15 is 0 Å². The predicted molar refractivity (Wildman–Crippen MR) is 175 cm³/mol. The van der Waals surface area contributed by atoms with Crippen molar-refractivity contribution in [2.24, 2.45) is 15.3 Å². The van der Waals surface area contributed by atoms with Gasteiger partial charge in [-0.15, -0.1) is 5.11 Å². The Hall–Kier alpha value is -5.54. The third-order valence-corrected chi connectivity index (χ3v) is 8.73. The molecule has 0 saturated heterocycles. The van der Waals surface area contributed by atoms with E-state index in [1.807, 2.05) is 12.1 Å². The Bertz CT molecular complexity index is 2340. The second-order valence-electron chi connectivity index (χ2n) is 10.0. The fourth-order valence-corrected chi connectivity index (χ4v) is 5.99. The highest BCUT2D eigenvalue weighted by atomic mass is 32.2. The van der Waals surface area contributed by atoms with Crippen LogP contribution in [-0.4, -0.2) is 37.4 Å². The molecule has 1 aliphatic carbocycles. The van der Waals surface area contributed by atoms with Crippen molar-refractivity contribution < 1.29 is 30.7 Å². The fraction of sp³-hybridized carbons (Fsp3) is 0. The maximum Gasteiger partial charge on any atom is 0.296 e. The van der Waals surface area contributed by atoms with Crippen molar-refractivity contribution in [2.45, 2.75) is 9.79 Å². The molecular weight excluding hydrogens is 631 g/mol. The summed E-state index contributed by atoms with van der Waals surface area (Å²) in [6.45, 7) is 0. The number of hydrazone groups is 1. The smallest absolute Gasteiger partial charge is 0.296 e. The van der Waals surface area contributed by atoms with Crippen LogP contribution in [0.15, 0.2) is 134 Å². The van der Waals surface area contributed by atoms with Gasteiger partial charge in [-0.1, -0.05) is 54.6 Å². The lowest BCUT2D eigenvalue weighted by molar-refractivity contribution is -0.108. The van der Waals surface area contributed by atoms with Crippen LogP contribution in [0, 0.1) is 0 Å². The number of hydrogen-bond acceptors (Lipinski definition) is 10. The molecule has 5 aromatic carbocycles. The van der Waals surface area contributed by atoms with Crippen molar-refractivity contribution in [3.05, 3.63) is 120 Å². The first-order chi connectivity index (χ1) is 22.0. The molecule has 0 spiro atoms. The van der Waals surface area contributed by atoms with Gasteiger partial charge in [-0.3, -0.25) is 19.3 Å². The van der Waals surface area contributed by atoms with Crippen LogP contribution in [0.2, 0.25) is 0 Å². The lowest BCUT2D eigenvalue weighted by Crippen LogP contribution is -2.19. The minimum atomic E-state index is -4.60. The lowest BCUT2D eigenvalue weighted by atomic mass is 9.95. The van der Waals surface area contributed by atoms with Crippen molar-refractivity contribution in [2.75, 3.05) is 10.7 Å². The summed E-state index contributed by atoms with van der Waals surface area (Å²) in [4.78, 5) is 12.0. The van der Waals surface area contributed by atoms with E-state index in [-0.39, 0.29) is 26.9 Å². The fourth-order valence-electron chi connectivity index (χ4n) is 4.81. The molecule has 4 N–H and O–H groups in total. The Labute approximate surface area is 263 Å². The Kier molecular flexibility index (Phi) is 8.02. The van der Waals surface area contributed by atoms with Crippen LogP contribution >= 0.6 is 0 Å². The summed E-state index contributed by atoms with van der Waals surface area (Å²) in [5.41, 5.74) is 5.72. The average molecular weight is 654 g/mol. The number of azo groups is 1. The summed E-state index contributed by atoms with van der Waals surface area (Å²) in [6.07, 6.45) is 2.71. The van der Waals surface area contributed by atoms with Gasteiger partial charge in [-0.05, 0) is 66.2 Å². The highest BCUT2D eigenvalue weighted by Crippen LogP contribution is 2.35. The van der Waals surface area contributed by atoms with Gasteiger partial charge in [0.1, 0.15) is 10.6 Å². The number of rotatable bonds is 8. The zero-order valence-corrected chi connectivity index (χ0v) is 25.2. The molecule has 12 nitrogen and oxygen atoms in total. The number of ketones is 1. The third kappa shape index (κ3) is 6.45. The SMILES string of the molecule is O=C1C=Cc2cc(S(=O)(=O)O)ccc2/C1=N\Nc1ccc(N=Nc2ccc(Nc3ccccc3)c(S(=O)(=O)O)c2)c2ccccc12. The van der Waals surface area contributed by atoms with E-state index in [0.717, 1.165) is 0 Å². The predicted octanol–water partition coefficient (Wildman–Crippen LogP) is 6.90. The molecule has 0 aromatic heterocycles. The molecule has 0 aliphatic heterocycles. The van der Waals surface area contributed by atoms with Gasteiger partial charge in [0, 0.05) is 22.0 Å². The summed E-state index contributed by atoms with van der Waals surface area (Å²) in [5, 5.41) is 17.2. The van der Waals surface area contributed by atoms with Crippen molar-refractivity contribution in [1.29, 1.82) is 0 Å². The molecule has 0 unspecified atom stereocenters. The van der Waals surface area contributed by atoms with E-state index in [1.165, 1.54) is 42.5 Å². The van der Waals surface area contributed by atoms with Crippen LogP contribution in [-0.2, 0) is 25.0 Å². The van der Waals surface area contributed by atoms with E-state index in [1.54, 1.807) is 60.7 Å². The molecule has 6 rings (SSSR count). The van der Waals surface area contributed by atoms with Crippen molar-refractivity contribution in [3.63, 3.8) is 0 Å². The van der Waals surface area contributed by atoms with E-state index < -0.39 is 26.0 Å². The number of fused-ring (bicyclic) bond motifs is 2. The van der Waals surface area contributed by atoms with E-state index in [4.69, 9.17) is 0 Å². The first kappa shape index (κ1) is 30.5. The van der Waals surface area contributed by atoms with E-state index in [2.05, 4.69) is 26.1 Å². The molecule has 0 saturated carbocycles. The molecule has 46 heavy (non-hydrogen) atoms. The second-order valence-corrected chi connectivity index (χ2v) is 12.8. The molecule has 0 radical (unpaired) electrons. The Balaban J connectivity index is 1.30. The molecule has 0 amide bonds. The average Bonchev–Trinajstić information content (AvgIpc) is 3.03. The molecule has 0 atom stereocenters. The number of carbonyl (C=O) groups excluding carboxylic acids is 1. The summed E-state index contributed by atoms with van der Waals surface area (Å²) < 4.78 is 66.7. The largest absolute Gasteiger partial charge is 0.354 e. The minimum absolute atomic E-state index is 0.0482. The number of benzene rings is 5. The Morgan fingerprint density at radius 2 is 1.37 bits per heavy atom. The zero-order valence-electron chi connectivity index (χ0n) is 23.6. The van der Waals surface area contributed by atoms with Crippen LogP contribution in [0.25, 0.3) is 16.8 Å². The van der Waals surface area contributed by atoms with Gasteiger partial charge in [0.2, 0.25) is 5.78 Å². The van der Waals surface area contributed by atoms with Gasteiger partial charge in [-0.2, -0.15) is 27.1 Å². The number of nitrogens with one attached hydrogen (secondary N) is 2. The summed E-state index contributed by atoms with van der Waals surface area (Å²) in [6, 6.07) is 27.6. The van der Waals surface area contributed by atoms with Crippen LogP contribution in [0.5, 0.6) is 0 Å². The number of carbonyl (C=O) groups is 1. The van der Waals surface area contributed by atoms with Crippen LogP contribution in [0.3, 0.4) is 0 Å². The van der Waals surface area contributed by atoms with E-state index in [0.29, 0.717) is 39.0 Å². The highest BCUT2D eigenvalue weighted by molar-refractivity contribution is 7.86. The number of para-hydroxylation sites is 1. The summed E-state index contributed by atoms with van der Waals surface area (Å²) >= 11 is 0. The number of hydrogen-bond donors (Lipinski definition) is 4. The van der Waals surface area contributed by atoms with E-state index in [9.17, 15) is 30.7 Å². The van der Waals surface area contributed by atoms with Gasteiger partial charge >= 0.3 is 0 Å². The van der Waals surface area contributed by atoms with Crippen LogP contribution in [0.1, 0.15) is 11.1 Å². The minimum Gasteiger partial charge on any atom is -0.354 e. The molecule has 1 aliphatic rings. The van der Waals surface area contributed by atoms with Gasteiger partial charge in [0.15, 0.2) is 0 Å². The number of nitrogens with zero attached hydrogens (tertiary/aromatic N) is 3. The summed E-state index contributed by atoms with van der Waals surface area (Å²) in [7, 11) is -9.03. The topological polar surface area (TPSA) is 187 Å². The first-order valence-corrected chi connectivity index (χ1v) is 16.4. The summed E-state index contributed by atoms with van der Waals surface area (Å²) in [5.74, 6) is -0.399. The zero-order chi connectivity index (χ0) is 32.5. The van der Waals surface area contributed by atoms with Gasteiger partial charge in [0.25, 0.3) is 20.2 Å². The van der Waals surface area contributed by atoms with Crippen molar-refractivity contribution in [1.82, 2.24) is 0 Å². The monoisotopic (exact) mass is 653 g/mol. The first-order valence-electron chi connectivity index (χ1n) is 13.5. The van der Waals surface area contributed by atoms with Crippen molar-refractivity contribution >= 4 is 77.0 Å². The molecular formula is C32H23N5O7S2. The van der Waals surface area contributed by atoms with Gasteiger partial charge in [-0.25, -0.2) is 0 Å².